The van der Waals surface area contributed by atoms with Gasteiger partial charge in [-0.05, 0) is 73.1 Å². The summed E-state index contributed by atoms with van der Waals surface area (Å²) in [6, 6.07) is 24.2. The van der Waals surface area contributed by atoms with Crippen molar-refractivity contribution in [3.63, 3.8) is 0 Å². The monoisotopic (exact) mass is 546 g/mol. The van der Waals surface area contributed by atoms with Crippen LogP contribution in [-0.4, -0.2) is 30.2 Å². The lowest BCUT2D eigenvalue weighted by Crippen LogP contribution is -2.18. The Hall–Kier alpha value is -3.49. The minimum atomic E-state index is -3.65. The second kappa shape index (κ2) is 11.5. The Morgan fingerprint density at radius 3 is 2.45 bits per heavy atom. The van der Waals surface area contributed by atoms with E-state index in [1.54, 1.807) is 47.7 Å². The minimum Gasteiger partial charge on any atom is -0.481 e. The first kappa shape index (κ1) is 26.1. The Bertz CT molecular complexity index is 1490. The molecule has 0 spiro atoms. The van der Waals surface area contributed by atoms with Crippen molar-refractivity contribution in [2.75, 3.05) is 11.1 Å². The normalized spacial score (nSPS) is 13.7. The van der Waals surface area contributed by atoms with E-state index in [-0.39, 0.29) is 17.1 Å². The number of aliphatic carboxylic acids is 1. The van der Waals surface area contributed by atoms with E-state index in [2.05, 4.69) is 17.4 Å². The molecule has 0 amide bonds. The SMILES string of the molecule is O=C(O)CC(CS(=O)(=O)c1ccc(CCc2cccc(Nc3nc4c(s3)CCC4)c2)cc1)c1ccccc1. The first-order valence-corrected chi connectivity index (χ1v) is 15.3. The van der Waals surface area contributed by atoms with Crippen LogP contribution in [0, 0.1) is 0 Å². The molecule has 1 unspecified atom stereocenters. The van der Waals surface area contributed by atoms with Gasteiger partial charge in [-0.15, -0.1) is 11.3 Å². The van der Waals surface area contributed by atoms with Gasteiger partial charge in [-0.1, -0.05) is 54.6 Å². The maximum absolute atomic E-state index is 13.1. The zero-order valence-corrected chi connectivity index (χ0v) is 22.6. The van der Waals surface area contributed by atoms with E-state index in [1.807, 2.05) is 30.3 Å². The van der Waals surface area contributed by atoms with Crippen molar-refractivity contribution in [3.05, 3.63) is 106 Å². The summed E-state index contributed by atoms with van der Waals surface area (Å²) >= 11 is 1.74. The molecule has 5 rings (SSSR count). The van der Waals surface area contributed by atoms with Gasteiger partial charge in [-0.3, -0.25) is 4.79 Å². The third kappa shape index (κ3) is 6.49. The molecule has 196 valence electrons. The number of carbonyl (C=O) groups is 1. The van der Waals surface area contributed by atoms with Crippen LogP contribution >= 0.6 is 11.3 Å². The van der Waals surface area contributed by atoms with E-state index in [1.165, 1.54) is 22.6 Å². The van der Waals surface area contributed by atoms with Crippen LogP contribution in [0.3, 0.4) is 0 Å². The smallest absolute Gasteiger partial charge is 0.303 e. The molecule has 0 radical (unpaired) electrons. The highest BCUT2D eigenvalue weighted by Crippen LogP contribution is 2.32. The van der Waals surface area contributed by atoms with Crippen molar-refractivity contribution in [3.8, 4) is 0 Å². The van der Waals surface area contributed by atoms with Crippen molar-refractivity contribution in [1.29, 1.82) is 0 Å². The lowest BCUT2D eigenvalue weighted by molar-refractivity contribution is -0.137. The molecule has 38 heavy (non-hydrogen) atoms. The lowest BCUT2D eigenvalue weighted by Gasteiger charge is -2.16. The van der Waals surface area contributed by atoms with Gasteiger partial charge in [0.15, 0.2) is 15.0 Å². The summed E-state index contributed by atoms with van der Waals surface area (Å²) in [6.07, 6.45) is 4.77. The molecule has 4 aromatic rings. The molecular weight excluding hydrogens is 516 g/mol. The van der Waals surface area contributed by atoms with Gasteiger partial charge in [0, 0.05) is 16.5 Å². The number of sulfone groups is 1. The number of benzene rings is 3. The standard InChI is InChI=1S/C30H30N2O4S2/c33-29(34)19-24(23-7-2-1-3-8-23)20-38(35,36)26-16-14-21(15-17-26)12-13-22-6-4-9-25(18-22)31-30-32-27-10-5-11-28(27)37-30/h1-4,6-9,14-18,24H,5,10-13,19-20H2,(H,31,32)(H,33,34). The number of aryl methyl sites for hydroxylation is 4. The maximum Gasteiger partial charge on any atom is 0.303 e. The molecule has 0 saturated carbocycles. The van der Waals surface area contributed by atoms with Crippen LogP contribution in [0.2, 0.25) is 0 Å². The summed E-state index contributed by atoms with van der Waals surface area (Å²) in [5.41, 5.74) is 5.20. The van der Waals surface area contributed by atoms with Crippen LogP contribution in [0.15, 0.2) is 83.8 Å². The van der Waals surface area contributed by atoms with Crippen molar-refractivity contribution in [1.82, 2.24) is 4.98 Å². The minimum absolute atomic E-state index is 0.217. The molecule has 1 aliphatic carbocycles. The molecule has 0 aliphatic heterocycles. The first-order chi connectivity index (χ1) is 18.4. The average Bonchev–Trinajstić information content (AvgIpc) is 3.50. The van der Waals surface area contributed by atoms with Gasteiger partial charge < -0.3 is 10.4 Å². The van der Waals surface area contributed by atoms with Crippen LogP contribution in [-0.2, 0) is 40.3 Å². The summed E-state index contributed by atoms with van der Waals surface area (Å²) in [4.78, 5) is 17.7. The summed E-state index contributed by atoms with van der Waals surface area (Å²) in [6.45, 7) is 0. The highest BCUT2D eigenvalue weighted by molar-refractivity contribution is 7.91. The average molecular weight is 547 g/mol. The van der Waals surface area contributed by atoms with Gasteiger partial charge in [0.25, 0.3) is 0 Å². The number of carboxylic acids is 1. The number of thiazole rings is 1. The molecule has 1 aromatic heterocycles. The third-order valence-electron chi connectivity index (χ3n) is 6.87. The molecule has 8 heteroatoms. The molecule has 3 aromatic carbocycles. The van der Waals surface area contributed by atoms with E-state index in [0.717, 1.165) is 42.1 Å². The molecule has 2 N–H and O–H groups in total. The van der Waals surface area contributed by atoms with Crippen molar-refractivity contribution in [2.24, 2.45) is 0 Å². The van der Waals surface area contributed by atoms with Gasteiger partial charge in [0.2, 0.25) is 0 Å². The number of fused-ring (bicyclic) bond motifs is 1. The van der Waals surface area contributed by atoms with Crippen molar-refractivity contribution >= 4 is 38.0 Å². The summed E-state index contributed by atoms with van der Waals surface area (Å²) in [5, 5.41) is 13.7. The molecule has 0 fully saturated rings. The zero-order chi connectivity index (χ0) is 26.5. The largest absolute Gasteiger partial charge is 0.481 e. The lowest BCUT2D eigenvalue weighted by atomic mass is 9.98. The van der Waals surface area contributed by atoms with Gasteiger partial charge in [-0.25, -0.2) is 13.4 Å². The number of hydrogen-bond donors (Lipinski definition) is 2. The Morgan fingerprint density at radius 1 is 0.947 bits per heavy atom. The zero-order valence-electron chi connectivity index (χ0n) is 21.0. The second-order valence-electron chi connectivity index (χ2n) is 9.70. The number of hydrogen-bond acceptors (Lipinski definition) is 6. The van der Waals surface area contributed by atoms with Crippen LogP contribution in [0.1, 0.15) is 46.0 Å². The first-order valence-electron chi connectivity index (χ1n) is 12.8. The highest BCUT2D eigenvalue weighted by atomic mass is 32.2. The van der Waals surface area contributed by atoms with Crippen LogP contribution in [0.25, 0.3) is 0 Å². The van der Waals surface area contributed by atoms with Gasteiger partial charge in [-0.2, -0.15) is 0 Å². The fraction of sp³-hybridized carbons (Fsp3) is 0.267. The van der Waals surface area contributed by atoms with E-state index < -0.39 is 21.7 Å². The van der Waals surface area contributed by atoms with Crippen LogP contribution in [0.5, 0.6) is 0 Å². The molecule has 1 heterocycles. The van der Waals surface area contributed by atoms with Gasteiger partial charge >= 0.3 is 5.97 Å². The predicted octanol–water partition coefficient (Wildman–Crippen LogP) is 6.19. The fourth-order valence-electron chi connectivity index (χ4n) is 4.89. The summed E-state index contributed by atoms with van der Waals surface area (Å²) in [7, 11) is -3.65. The van der Waals surface area contributed by atoms with Crippen LogP contribution < -0.4 is 5.32 Å². The number of anilines is 2. The number of nitrogens with zero attached hydrogens (tertiary/aromatic N) is 1. The second-order valence-corrected chi connectivity index (χ2v) is 12.8. The van der Waals surface area contributed by atoms with E-state index >= 15 is 0 Å². The molecule has 1 atom stereocenters. The quantitative estimate of drug-likeness (QED) is 0.233. The number of carboxylic acid groups (broad SMARTS) is 1. The van der Waals surface area contributed by atoms with Crippen molar-refractivity contribution in [2.45, 2.75) is 49.3 Å². The highest BCUT2D eigenvalue weighted by Gasteiger charge is 2.25. The predicted molar refractivity (Wildman–Crippen MR) is 151 cm³/mol. The fourth-order valence-corrected chi connectivity index (χ4v) is 7.55. The topological polar surface area (TPSA) is 96.4 Å². The summed E-state index contributed by atoms with van der Waals surface area (Å²) in [5.74, 6) is -1.87. The third-order valence-corrected chi connectivity index (χ3v) is 9.78. The Kier molecular flexibility index (Phi) is 7.90. The number of rotatable bonds is 11. The molecule has 6 nitrogen and oxygen atoms in total. The van der Waals surface area contributed by atoms with Gasteiger partial charge in [0.05, 0.1) is 22.8 Å². The molecule has 0 bridgehead atoms. The number of aromatic nitrogens is 1. The Labute approximate surface area is 227 Å². The van der Waals surface area contributed by atoms with E-state index in [4.69, 9.17) is 4.98 Å². The van der Waals surface area contributed by atoms with E-state index in [0.29, 0.717) is 5.56 Å². The Morgan fingerprint density at radius 2 is 1.71 bits per heavy atom. The maximum atomic E-state index is 13.1. The van der Waals surface area contributed by atoms with Gasteiger partial charge in [0.1, 0.15) is 0 Å². The molecule has 0 saturated heterocycles. The van der Waals surface area contributed by atoms with Crippen LogP contribution in [0.4, 0.5) is 10.8 Å². The van der Waals surface area contributed by atoms with Crippen molar-refractivity contribution < 1.29 is 18.3 Å². The molecule has 1 aliphatic rings. The number of nitrogens with one attached hydrogen (secondary N) is 1. The summed E-state index contributed by atoms with van der Waals surface area (Å²) < 4.78 is 26.2. The van der Waals surface area contributed by atoms with E-state index in [9.17, 15) is 18.3 Å². The molecular formula is C30H30N2O4S2. The Balaban J connectivity index is 1.21.